The maximum atomic E-state index is 14.4. The Hall–Kier alpha value is -5.23. The molecular formula is C35H39N3O9. The van der Waals surface area contributed by atoms with Gasteiger partial charge >= 0.3 is 11.9 Å². The zero-order valence-electron chi connectivity index (χ0n) is 27.5. The zero-order chi connectivity index (χ0) is 34.2. The normalized spacial score (nSPS) is 16.6. The monoisotopic (exact) mass is 645 g/mol. The van der Waals surface area contributed by atoms with Gasteiger partial charge in [0.05, 0.1) is 38.9 Å². The minimum Gasteiger partial charge on any atom is -0.493 e. The SMILES string of the molecule is COC(=O)C1C(C)=NC(C)=C(C(=O)OC(CN(C)Cc2ccccc2)c2cc(OC)c(OC)c(OC)c2)C1c1cccc([N+](=O)[O-])c1. The first kappa shape index (κ1) is 34.6. The summed E-state index contributed by atoms with van der Waals surface area (Å²) in [5, 5.41) is 11.7. The third-order valence-electron chi connectivity index (χ3n) is 8.02. The van der Waals surface area contributed by atoms with Gasteiger partial charge in [-0.25, -0.2) is 4.79 Å². The molecule has 0 amide bonds. The number of carbonyl (C=O) groups excluding carboxylic acids is 2. The van der Waals surface area contributed by atoms with Crippen molar-refractivity contribution in [3.8, 4) is 17.2 Å². The molecule has 0 fully saturated rings. The summed E-state index contributed by atoms with van der Waals surface area (Å²) in [5.41, 5.74) is 2.65. The standard InChI is InChI=1S/C35H39N3O9/c1-21-30(34(39)46-7)32(24-14-11-15-26(16-24)38(41)42)31(22(2)36-21)35(40)47-29(20-37(3)19-23-12-9-8-10-13-23)25-17-27(43-4)33(45-6)28(18-25)44-5/h8-18,29-30,32H,19-20H2,1-7H3. The van der Waals surface area contributed by atoms with Gasteiger partial charge in [0.2, 0.25) is 5.75 Å². The van der Waals surface area contributed by atoms with Crippen LogP contribution in [-0.2, 0) is 25.6 Å². The summed E-state index contributed by atoms with van der Waals surface area (Å²) in [7, 11) is 7.64. The molecule has 0 N–H and O–H groups in total. The second kappa shape index (κ2) is 15.4. The van der Waals surface area contributed by atoms with Crippen LogP contribution in [0, 0.1) is 16.0 Å². The predicted molar refractivity (Wildman–Crippen MR) is 175 cm³/mol. The van der Waals surface area contributed by atoms with Gasteiger partial charge in [0.1, 0.15) is 12.0 Å². The van der Waals surface area contributed by atoms with Gasteiger partial charge in [-0.2, -0.15) is 0 Å². The topological polar surface area (TPSA) is 139 Å². The van der Waals surface area contributed by atoms with Gasteiger partial charge in [-0.15, -0.1) is 0 Å². The fourth-order valence-corrected chi connectivity index (χ4v) is 5.86. The second-order valence-electron chi connectivity index (χ2n) is 11.1. The molecule has 248 valence electrons. The number of nitro groups is 1. The van der Waals surface area contributed by atoms with Crippen molar-refractivity contribution in [2.75, 3.05) is 42.0 Å². The number of hydrogen-bond donors (Lipinski definition) is 0. The van der Waals surface area contributed by atoms with Gasteiger partial charge < -0.3 is 23.7 Å². The van der Waals surface area contributed by atoms with Crippen LogP contribution in [0.5, 0.6) is 17.2 Å². The van der Waals surface area contributed by atoms with Crippen molar-refractivity contribution in [2.24, 2.45) is 10.9 Å². The third-order valence-corrected chi connectivity index (χ3v) is 8.02. The number of non-ortho nitro benzene ring substituents is 1. The van der Waals surface area contributed by atoms with Crippen LogP contribution in [0.1, 0.15) is 42.6 Å². The maximum Gasteiger partial charge on any atom is 0.337 e. The molecule has 0 spiro atoms. The molecule has 0 radical (unpaired) electrons. The summed E-state index contributed by atoms with van der Waals surface area (Å²) in [5.74, 6) is -2.23. The molecule has 4 rings (SSSR count). The summed E-state index contributed by atoms with van der Waals surface area (Å²) in [6, 6.07) is 19.1. The number of ether oxygens (including phenoxy) is 5. The first-order valence-corrected chi connectivity index (χ1v) is 14.8. The van der Waals surface area contributed by atoms with Gasteiger partial charge in [0.15, 0.2) is 11.5 Å². The Morgan fingerprint density at radius 2 is 1.60 bits per heavy atom. The molecule has 47 heavy (non-hydrogen) atoms. The highest BCUT2D eigenvalue weighted by Crippen LogP contribution is 2.43. The molecule has 1 aliphatic rings. The first-order valence-electron chi connectivity index (χ1n) is 14.8. The molecule has 12 heteroatoms. The fraction of sp³-hybridized carbons (Fsp3) is 0.343. The molecule has 0 saturated heterocycles. The number of rotatable bonds is 13. The van der Waals surface area contributed by atoms with E-state index >= 15 is 0 Å². The lowest BCUT2D eigenvalue weighted by Crippen LogP contribution is -2.37. The van der Waals surface area contributed by atoms with Crippen molar-refractivity contribution in [3.63, 3.8) is 0 Å². The van der Waals surface area contributed by atoms with Crippen LogP contribution < -0.4 is 14.2 Å². The Morgan fingerprint density at radius 1 is 0.936 bits per heavy atom. The first-order chi connectivity index (χ1) is 22.5. The molecule has 3 aromatic carbocycles. The smallest absolute Gasteiger partial charge is 0.337 e. The summed E-state index contributed by atoms with van der Waals surface area (Å²) in [6.07, 6.45) is -0.862. The van der Waals surface area contributed by atoms with Gasteiger partial charge in [-0.3, -0.25) is 24.8 Å². The zero-order valence-corrected chi connectivity index (χ0v) is 27.5. The highest BCUT2D eigenvalue weighted by molar-refractivity contribution is 6.07. The van der Waals surface area contributed by atoms with E-state index < -0.39 is 34.8 Å². The van der Waals surface area contributed by atoms with Crippen molar-refractivity contribution in [1.29, 1.82) is 0 Å². The van der Waals surface area contributed by atoms with E-state index in [-0.39, 0.29) is 17.8 Å². The molecule has 12 nitrogen and oxygen atoms in total. The predicted octanol–water partition coefficient (Wildman–Crippen LogP) is 5.66. The third kappa shape index (κ3) is 7.78. The maximum absolute atomic E-state index is 14.4. The van der Waals surface area contributed by atoms with Crippen LogP contribution in [0.4, 0.5) is 5.69 Å². The lowest BCUT2D eigenvalue weighted by atomic mass is 9.75. The number of nitrogens with zero attached hydrogens (tertiary/aromatic N) is 3. The number of esters is 2. The van der Waals surface area contributed by atoms with Crippen LogP contribution in [0.15, 0.2) is 83.0 Å². The van der Waals surface area contributed by atoms with Crippen LogP contribution in [0.25, 0.3) is 0 Å². The Morgan fingerprint density at radius 3 is 2.17 bits per heavy atom. The highest BCUT2D eigenvalue weighted by atomic mass is 16.6. The van der Waals surface area contributed by atoms with E-state index in [0.29, 0.717) is 46.3 Å². The van der Waals surface area contributed by atoms with Crippen LogP contribution in [-0.4, -0.2) is 69.5 Å². The quantitative estimate of drug-likeness (QED) is 0.130. The Bertz CT molecular complexity index is 1660. The molecular weight excluding hydrogens is 606 g/mol. The van der Waals surface area contributed by atoms with Gasteiger partial charge in [-0.05, 0) is 44.2 Å². The average molecular weight is 646 g/mol. The Balaban J connectivity index is 1.81. The van der Waals surface area contributed by atoms with Crippen LogP contribution in [0.3, 0.4) is 0 Å². The van der Waals surface area contributed by atoms with E-state index in [2.05, 4.69) is 4.99 Å². The minimum absolute atomic E-state index is 0.0923. The second-order valence-corrected chi connectivity index (χ2v) is 11.1. The molecule has 1 aliphatic heterocycles. The molecule has 3 unspecified atom stereocenters. The number of aliphatic imine (C=N–C) groups is 1. The van der Waals surface area contributed by atoms with E-state index in [1.54, 1.807) is 32.0 Å². The van der Waals surface area contributed by atoms with E-state index in [1.165, 1.54) is 46.6 Å². The van der Waals surface area contributed by atoms with Crippen LogP contribution in [0.2, 0.25) is 0 Å². The van der Waals surface area contributed by atoms with E-state index in [4.69, 9.17) is 23.7 Å². The molecule has 3 atom stereocenters. The number of carbonyl (C=O) groups is 2. The van der Waals surface area contributed by atoms with Gasteiger partial charge in [0.25, 0.3) is 5.69 Å². The molecule has 0 bridgehead atoms. The number of benzene rings is 3. The van der Waals surface area contributed by atoms with Crippen molar-refractivity contribution in [2.45, 2.75) is 32.4 Å². The number of likely N-dealkylation sites (N-methyl/N-ethyl adjacent to an activating group) is 1. The van der Waals surface area contributed by atoms with Crippen LogP contribution >= 0.6 is 0 Å². The van der Waals surface area contributed by atoms with E-state index in [9.17, 15) is 19.7 Å². The average Bonchev–Trinajstić information content (AvgIpc) is 3.06. The lowest BCUT2D eigenvalue weighted by molar-refractivity contribution is -0.384. The molecule has 0 aromatic heterocycles. The lowest BCUT2D eigenvalue weighted by Gasteiger charge is -2.32. The van der Waals surface area contributed by atoms with Gasteiger partial charge in [-0.1, -0.05) is 42.5 Å². The highest BCUT2D eigenvalue weighted by Gasteiger charge is 2.43. The Labute approximate surface area is 273 Å². The fourth-order valence-electron chi connectivity index (χ4n) is 5.86. The summed E-state index contributed by atoms with van der Waals surface area (Å²) in [4.78, 5) is 45.3. The summed E-state index contributed by atoms with van der Waals surface area (Å²) < 4.78 is 28.1. The molecule has 3 aromatic rings. The number of hydrogen-bond acceptors (Lipinski definition) is 11. The minimum atomic E-state index is -1.02. The van der Waals surface area contributed by atoms with Crippen molar-refractivity contribution < 1.29 is 38.2 Å². The molecule has 0 saturated carbocycles. The summed E-state index contributed by atoms with van der Waals surface area (Å²) >= 11 is 0. The van der Waals surface area contributed by atoms with Crippen molar-refractivity contribution in [1.82, 2.24) is 4.90 Å². The van der Waals surface area contributed by atoms with E-state index in [0.717, 1.165) is 5.56 Å². The largest absolute Gasteiger partial charge is 0.493 e. The van der Waals surface area contributed by atoms with E-state index in [1.807, 2.05) is 42.3 Å². The van der Waals surface area contributed by atoms with Crippen molar-refractivity contribution in [3.05, 3.63) is 105 Å². The number of methoxy groups -OCH3 is 4. The molecule has 0 aliphatic carbocycles. The number of allylic oxidation sites excluding steroid dienone is 1. The summed E-state index contributed by atoms with van der Waals surface area (Å²) in [6.45, 7) is 4.13. The Kier molecular flexibility index (Phi) is 11.3. The van der Waals surface area contributed by atoms with Crippen molar-refractivity contribution >= 4 is 23.3 Å². The molecule has 1 heterocycles. The number of nitro benzene ring substituents is 1. The van der Waals surface area contributed by atoms with Gasteiger partial charge in [0, 0.05) is 48.1 Å².